The molecule has 1 aliphatic heterocycles. The van der Waals surface area contributed by atoms with Gasteiger partial charge in [0.05, 0.1) is 23.1 Å². The second-order valence-corrected chi connectivity index (χ2v) is 5.17. The molecule has 2 rings (SSSR count). The summed E-state index contributed by atoms with van der Waals surface area (Å²) in [6.07, 6.45) is 0. The lowest BCUT2D eigenvalue weighted by Gasteiger charge is -2.28. The Bertz CT molecular complexity index is 716. The second kappa shape index (κ2) is 6.66. The summed E-state index contributed by atoms with van der Waals surface area (Å²) < 4.78 is 4.99. The second-order valence-electron chi connectivity index (χ2n) is 4.76. The standard InChI is InChI=1S/C14H14ClN3O5/c1-3-23-13(19)11-7(2)16-14(20)17-12(11)8-4-5-9(15)10(6-8)18(21)22/h4-6,12H,3H2,1-2H3,(H2,16,17,20)/t12-/m0/s1. The largest absolute Gasteiger partial charge is 0.463 e. The molecule has 0 aliphatic carbocycles. The van der Waals surface area contributed by atoms with Crippen LogP contribution < -0.4 is 10.6 Å². The highest BCUT2D eigenvalue weighted by Crippen LogP contribution is 2.32. The number of rotatable bonds is 4. The number of hydrogen-bond donors (Lipinski definition) is 2. The van der Waals surface area contributed by atoms with Crippen molar-refractivity contribution in [1.82, 2.24) is 10.6 Å². The summed E-state index contributed by atoms with van der Waals surface area (Å²) in [5.41, 5.74) is 0.564. The molecule has 1 aromatic carbocycles. The summed E-state index contributed by atoms with van der Waals surface area (Å²) in [6.45, 7) is 3.38. The van der Waals surface area contributed by atoms with Crippen molar-refractivity contribution in [2.45, 2.75) is 19.9 Å². The van der Waals surface area contributed by atoms with E-state index in [2.05, 4.69) is 10.6 Å². The number of carbonyl (C=O) groups excluding carboxylic acids is 2. The maximum absolute atomic E-state index is 12.2. The Labute approximate surface area is 136 Å². The van der Waals surface area contributed by atoms with Gasteiger partial charge in [-0.05, 0) is 25.5 Å². The van der Waals surface area contributed by atoms with Crippen LogP contribution in [0, 0.1) is 10.1 Å². The molecule has 0 saturated carbocycles. The van der Waals surface area contributed by atoms with Gasteiger partial charge in [0.25, 0.3) is 5.69 Å². The third-order valence-electron chi connectivity index (χ3n) is 3.26. The fourth-order valence-electron chi connectivity index (χ4n) is 2.27. The summed E-state index contributed by atoms with van der Waals surface area (Å²) >= 11 is 5.79. The molecule has 9 heteroatoms. The molecule has 1 heterocycles. The van der Waals surface area contributed by atoms with E-state index in [1.54, 1.807) is 13.8 Å². The van der Waals surface area contributed by atoms with Gasteiger partial charge in [0.15, 0.2) is 0 Å². The predicted molar refractivity (Wildman–Crippen MR) is 81.8 cm³/mol. The quantitative estimate of drug-likeness (QED) is 0.497. The van der Waals surface area contributed by atoms with Crippen molar-refractivity contribution in [2.75, 3.05) is 6.61 Å². The van der Waals surface area contributed by atoms with Crippen molar-refractivity contribution in [3.8, 4) is 0 Å². The van der Waals surface area contributed by atoms with E-state index in [1.807, 2.05) is 0 Å². The zero-order valence-corrected chi connectivity index (χ0v) is 13.1. The maximum Gasteiger partial charge on any atom is 0.338 e. The fourth-order valence-corrected chi connectivity index (χ4v) is 2.46. The highest BCUT2D eigenvalue weighted by molar-refractivity contribution is 6.32. The third-order valence-corrected chi connectivity index (χ3v) is 3.58. The van der Waals surface area contributed by atoms with Gasteiger partial charge in [0.2, 0.25) is 0 Å². The van der Waals surface area contributed by atoms with Gasteiger partial charge in [-0.25, -0.2) is 9.59 Å². The molecule has 0 bridgehead atoms. The Morgan fingerprint density at radius 1 is 1.48 bits per heavy atom. The maximum atomic E-state index is 12.2. The molecule has 0 radical (unpaired) electrons. The SMILES string of the molecule is CCOC(=O)C1=C(C)NC(=O)N[C@H]1c1ccc(Cl)c([N+](=O)[O-])c1. The van der Waals surface area contributed by atoms with Crippen LogP contribution in [-0.4, -0.2) is 23.5 Å². The number of halogens is 1. The van der Waals surface area contributed by atoms with E-state index in [0.29, 0.717) is 11.3 Å². The third kappa shape index (κ3) is 3.42. The van der Waals surface area contributed by atoms with Gasteiger partial charge < -0.3 is 15.4 Å². The number of amides is 2. The summed E-state index contributed by atoms with van der Waals surface area (Å²) in [6, 6.07) is 2.71. The first-order valence-corrected chi connectivity index (χ1v) is 7.12. The number of nitrogens with one attached hydrogen (secondary N) is 2. The smallest absolute Gasteiger partial charge is 0.338 e. The number of urea groups is 1. The Kier molecular flexibility index (Phi) is 4.85. The number of nitro benzene ring substituents is 1. The molecule has 1 aromatic rings. The lowest BCUT2D eigenvalue weighted by molar-refractivity contribution is -0.384. The van der Waals surface area contributed by atoms with Crippen molar-refractivity contribution in [3.05, 3.63) is 50.2 Å². The molecular formula is C14H14ClN3O5. The molecule has 8 nitrogen and oxygen atoms in total. The van der Waals surface area contributed by atoms with Crippen LogP contribution in [0.1, 0.15) is 25.5 Å². The fraction of sp³-hybridized carbons (Fsp3) is 0.286. The number of carbonyl (C=O) groups is 2. The van der Waals surface area contributed by atoms with E-state index >= 15 is 0 Å². The van der Waals surface area contributed by atoms with Crippen molar-refractivity contribution < 1.29 is 19.2 Å². The number of allylic oxidation sites excluding steroid dienone is 1. The van der Waals surface area contributed by atoms with Crippen molar-refractivity contribution >= 4 is 29.3 Å². The van der Waals surface area contributed by atoms with Crippen molar-refractivity contribution in [2.24, 2.45) is 0 Å². The molecule has 1 atom stereocenters. The van der Waals surface area contributed by atoms with E-state index in [1.165, 1.54) is 18.2 Å². The van der Waals surface area contributed by atoms with Gasteiger partial charge >= 0.3 is 12.0 Å². The zero-order chi connectivity index (χ0) is 17.1. The van der Waals surface area contributed by atoms with E-state index < -0.39 is 23.0 Å². The van der Waals surface area contributed by atoms with Gasteiger partial charge in [-0.3, -0.25) is 10.1 Å². The minimum atomic E-state index is -0.862. The molecule has 0 unspecified atom stereocenters. The Morgan fingerprint density at radius 2 is 2.17 bits per heavy atom. The molecule has 2 N–H and O–H groups in total. The average Bonchev–Trinajstić information content (AvgIpc) is 2.46. The van der Waals surface area contributed by atoms with E-state index in [-0.39, 0.29) is 22.9 Å². The highest BCUT2D eigenvalue weighted by atomic mass is 35.5. The Balaban J connectivity index is 2.52. The number of ether oxygens (including phenoxy) is 1. The predicted octanol–water partition coefficient (Wildman–Crippen LogP) is 2.44. The number of esters is 1. The topological polar surface area (TPSA) is 111 Å². The van der Waals surface area contributed by atoms with E-state index in [4.69, 9.17) is 16.3 Å². The molecule has 1 aliphatic rings. The van der Waals surface area contributed by atoms with Crippen LogP contribution in [0.3, 0.4) is 0 Å². The Morgan fingerprint density at radius 3 is 2.78 bits per heavy atom. The van der Waals surface area contributed by atoms with Crippen LogP contribution in [0.15, 0.2) is 29.5 Å². The summed E-state index contributed by atoms with van der Waals surface area (Å²) in [5, 5.41) is 16.0. The van der Waals surface area contributed by atoms with Gasteiger partial charge in [-0.15, -0.1) is 0 Å². The first kappa shape index (κ1) is 16.8. The molecule has 122 valence electrons. The highest BCUT2D eigenvalue weighted by Gasteiger charge is 2.33. The van der Waals surface area contributed by atoms with E-state index in [0.717, 1.165) is 0 Å². The van der Waals surface area contributed by atoms with Gasteiger partial charge in [-0.2, -0.15) is 0 Å². The minimum absolute atomic E-state index is 0.0302. The Hall–Kier alpha value is -2.61. The number of nitrogens with zero attached hydrogens (tertiary/aromatic N) is 1. The van der Waals surface area contributed by atoms with Crippen LogP contribution in [-0.2, 0) is 9.53 Å². The van der Waals surface area contributed by atoms with Gasteiger partial charge in [-0.1, -0.05) is 17.7 Å². The monoisotopic (exact) mass is 339 g/mol. The molecule has 0 aromatic heterocycles. The lowest BCUT2D eigenvalue weighted by Crippen LogP contribution is -2.45. The first-order valence-electron chi connectivity index (χ1n) is 6.74. The van der Waals surface area contributed by atoms with Gasteiger partial charge in [0.1, 0.15) is 5.02 Å². The van der Waals surface area contributed by atoms with Crippen molar-refractivity contribution in [3.63, 3.8) is 0 Å². The molecule has 0 saturated heterocycles. The van der Waals surface area contributed by atoms with Crippen LogP contribution in [0.4, 0.5) is 10.5 Å². The minimum Gasteiger partial charge on any atom is -0.463 e. The van der Waals surface area contributed by atoms with Crippen LogP contribution in [0.2, 0.25) is 5.02 Å². The molecule has 2 amide bonds. The van der Waals surface area contributed by atoms with Gasteiger partial charge in [0, 0.05) is 11.8 Å². The first-order chi connectivity index (χ1) is 10.8. The van der Waals surface area contributed by atoms with Crippen LogP contribution >= 0.6 is 11.6 Å². The van der Waals surface area contributed by atoms with Crippen LogP contribution in [0.25, 0.3) is 0 Å². The molecule has 0 spiro atoms. The normalized spacial score (nSPS) is 17.3. The molecule has 0 fully saturated rings. The summed E-state index contributed by atoms with van der Waals surface area (Å²) in [5.74, 6) is -0.611. The number of nitro groups is 1. The van der Waals surface area contributed by atoms with Crippen LogP contribution in [0.5, 0.6) is 0 Å². The van der Waals surface area contributed by atoms with E-state index in [9.17, 15) is 19.7 Å². The number of hydrogen-bond acceptors (Lipinski definition) is 5. The summed E-state index contributed by atoms with van der Waals surface area (Å²) in [4.78, 5) is 34.2. The zero-order valence-electron chi connectivity index (χ0n) is 12.4. The average molecular weight is 340 g/mol. The van der Waals surface area contributed by atoms with Crippen molar-refractivity contribution in [1.29, 1.82) is 0 Å². The summed E-state index contributed by atoms with van der Waals surface area (Å²) in [7, 11) is 0. The molecular weight excluding hydrogens is 326 g/mol. The molecule has 23 heavy (non-hydrogen) atoms. The lowest BCUT2D eigenvalue weighted by atomic mass is 9.95. The number of benzene rings is 1.